The van der Waals surface area contributed by atoms with E-state index < -0.39 is 0 Å². The first-order valence-electron chi connectivity index (χ1n) is 7.88. The number of amides is 1. The third-order valence-electron chi connectivity index (χ3n) is 4.98. The smallest absolute Gasteiger partial charge is 0.223 e. The Bertz CT molecular complexity index is 491. The molecule has 3 nitrogen and oxygen atoms in total. The number of hydrogen-bond acceptors (Lipinski definition) is 2. The molecule has 3 N–H and O–H groups in total. The SMILES string of the molecule is Cl.NC[C@H]1CCC[C@H]1C(=O)NC1CCCc2ccccc21. The molecule has 0 radical (unpaired) electrons. The van der Waals surface area contributed by atoms with Crippen LogP contribution in [0.4, 0.5) is 0 Å². The van der Waals surface area contributed by atoms with Crippen molar-refractivity contribution in [3.63, 3.8) is 0 Å². The third kappa shape index (κ3) is 3.41. The highest BCUT2D eigenvalue weighted by Gasteiger charge is 2.33. The molecule has 1 amide bonds. The molecule has 1 fully saturated rings. The van der Waals surface area contributed by atoms with Crippen LogP contribution in [0.3, 0.4) is 0 Å². The van der Waals surface area contributed by atoms with Gasteiger partial charge in [0.15, 0.2) is 0 Å². The summed E-state index contributed by atoms with van der Waals surface area (Å²) in [6, 6.07) is 8.71. The molecule has 1 aromatic carbocycles. The molecule has 1 saturated carbocycles. The first-order chi connectivity index (χ1) is 9.79. The van der Waals surface area contributed by atoms with Crippen LogP contribution >= 0.6 is 12.4 Å². The van der Waals surface area contributed by atoms with Crippen molar-refractivity contribution in [3.05, 3.63) is 35.4 Å². The standard InChI is InChI=1S/C17H24N2O.ClH/c18-11-13-7-3-9-15(13)17(20)19-16-10-4-6-12-5-1-2-8-14(12)16;/h1-2,5,8,13,15-16H,3-4,6-7,9-11,18H2,(H,19,20);1H/t13-,15-,16?;/m1./s1. The molecule has 3 rings (SSSR count). The Balaban J connectivity index is 0.00000161. The Morgan fingerprint density at radius 3 is 2.81 bits per heavy atom. The van der Waals surface area contributed by atoms with Crippen molar-refractivity contribution in [1.29, 1.82) is 0 Å². The van der Waals surface area contributed by atoms with Gasteiger partial charge in [-0.05, 0) is 55.7 Å². The monoisotopic (exact) mass is 308 g/mol. The van der Waals surface area contributed by atoms with E-state index in [2.05, 4.69) is 29.6 Å². The Kier molecular flexibility index (Phi) is 5.65. The summed E-state index contributed by atoms with van der Waals surface area (Å²) in [4.78, 5) is 12.5. The van der Waals surface area contributed by atoms with E-state index in [-0.39, 0.29) is 30.3 Å². The number of aryl methyl sites for hydroxylation is 1. The molecule has 0 bridgehead atoms. The summed E-state index contributed by atoms with van der Waals surface area (Å²) < 4.78 is 0. The number of carbonyl (C=O) groups excluding carboxylic acids is 1. The fraction of sp³-hybridized carbons (Fsp3) is 0.588. The van der Waals surface area contributed by atoms with Gasteiger partial charge >= 0.3 is 0 Å². The predicted molar refractivity (Wildman–Crippen MR) is 87.4 cm³/mol. The maximum atomic E-state index is 12.5. The van der Waals surface area contributed by atoms with Gasteiger partial charge in [-0.25, -0.2) is 0 Å². The molecule has 116 valence electrons. The second kappa shape index (κ2) is 7.28. The zero-order chi connectivity index (χ0) is 13.9. The minimum absolute atomic E-state index is 0. The maximum absolute atomic E-state index is 12.5. The third-order valence-corrected chi connectivity index (χ3v) is 4.98. The molecule has 4 heteroatoms. The fourth-order valence-electron chi connectivity index (χ4n) is 3.85. The van der Waals surface area contributed by atoms with Crippen molar-refractivity contribution < 1.29 is 4.79 Å². The van der Waals surface area contributed by atoms with Crippen molar-refractivity contribution >= 4 is 18.3 Å². The Morgan fingerprint density at radius 1 is 1.19 bits per heavy atom. The van der Waals surface area contributed by atoms with E-state index in [1.165, 1.54) is 11.1 Å². The molecular formula is C17H25ClN2O. The molecule has 1 unspecified atom stereocenters. The lowest BCUT2D eigenvalue weighted by molar-refractivity contribution is -0.126. The van der Waals surface area contributed by atoms with Crippen LogP contribution in [0, 0.1) is 11.8 Å². The topological polar surface area (TPSA) is 55.1 Å². The second-order valence-corrected chi connectivity index (χ2v) is 6.19. The maximum Gasteiger partial charge on any atom is 0.223 e. The average molecular weight is 309 g/mol. The van der Waals surface area contributed by atoms with E-state index in [1.54, 1.807) is 0 Å². The normalized spacial score (nSPS) is 27.6. The summed E-state index contributed by atoms with van der Waals surface area (Å²) in [7, 11) is 0. The number of nitrogens with one attached hydrogen (secondary N) is 1. The Labute approximate surface area is 133 Å². The molecule has 2 aliphatic carbocycles. The molecule has 0 aliphatic heterocycles. The van der Waals surface area contributed by atoms with Gasteiger partial charge in [0.05, 0.1) is 6.04 Å². The summed E-state index contributed by atoms with van der Waals surface area (Å²) in [6.07, 6.45) is 6.60. The van der Waals surface area contributed by atoms with E-state index in [1.807, 2.05) is 0 Å². The highest BCUT2D eigenvalue weighted by atomic mass is 35.5. The number of fused-ring (bicyclic) bond motifs is 1. The van der Waals surface area contributed by atoms with Crippen LogP contribution in [-0.2, 0) is 11.2 Å². The first kappa shape index (κ1) is 16.3. The van der Waals surface area contributed by atoms with Gasteiger partial charge in [0.1, 0.15) is 0 Å². The number of carbonyl (C=O) groups is 1. The molecule has 1 aromatic rings. The quantitative estimate of drug-likeness (QED) is 0.902. The summed E-state index contributed by atoms with van der Waals surface area (Å²) in [5.41, 5.74) is 8.50. The van der Waals surface area contributed by atoms with Crippen LogP contribution in [0.5, 0.6) is 0 Å². The largest absolute Gasteiger partial charge is 0.349 e. The fourth-order valence-corrected chi connectivity index (χ4v) is 3.85. The van der Waals surface area contributed by atoms with Crippen LogP contribution in [0.25, 0.3) is 0 Å². The van der Waals surface area contributed by atoms with Crippen LogP contribution < -0.4 is 11.1 Å². The second-order valence-electron chi connectivity index (χ2n) is 6.19. The van der Waals surface area contributed by atoms with E-state index >= 15 is 0 Å². The van der Waals surface area contributed by atoms with Crippen molar-refractivity contribution in [3.8, 4) is 0 Å². The van der Waals surface area contributed by atoms with E-state index in [0.29, 0.717) is 12.5 Å². The van der Waals surface area contributed by atoms with Gasteiger partial charge < -0.3 is 11.1 Å². The first-order valence-corrected chi connectivity index (χ1v) is 7.88. The molecule has 0 aromatic heterocycles. The van der Waals surface area contributed by atoms with Gasteiger partial charge in [-0.15, -0.1) is 12.4 Å². The number of nitrogens with two attached hydrogens (primary N) is 1. The minimum atomic E-state index is 0. The van der Waals surface area contributed by atoms with Gasteiger partial charge in [0.25, 0.3) is 0 Å². The Morgan fingerprint density at radius 2 is 2.00 bits per heavy atom. The number of rotatable bonds is 3. The molecule has 0 spiro atoms. The molecule has 0 saturated heterocycles. The molecule has 21 heavy (non-hydrogen) atoms. The van der Waals surface area contributed by atoms with Gasteiger partial charge in [-0.1, -0.05) is 30.7 Å². The van der Waals surface area contributed by atoms with Gasteiger partial charge in [0, 0.05) is 5.92 Å². The highest BCUT2D eigenvalue weighted by Crippen LogP contribution is 2.34. The van der Waals surface area contributed by atoms with Crippen molar-refractivity contribution in [1.82, 2.24) is 5.32 Å². The van der Waals surface area contributed by atoms with Crippen LogP contribution in [0.1, 0.15) is 49.3 Å². The van der Waals surface area contributed by atoms with Crippen molar-refractivity contribution in [2.75, 3.05) is 6.54 Å². The minimum Gasteiger partial charge on any atom is -0.349 e. The number of hydrogen-bond donors (Lipinski definition) is 2. The highest BCUT2D eigenvalue weighted by molar-refractivity contribution is 5.85. The van der Waals surface area contributed by atoms with Crippen LogP contribution in [0.15, 0.2) is 24.3 Å². The van der Waals surface area contributed by atoms with Crippen LogP contribution in [-0.4, -0.2) is 12.5 Å². The van der Waals surface area contributed by atoms with E-state index in [9.17, 15) is 4.79 Å². The van der Waals surface area contributed by atoms with Crippen molar-refractivity contribution in [2.45, 2.75) is 44.6 Å². The van der Waals surface area contributed by atoms with Crippen LogP contribution in [0.2, 0.25) is 0 Å². The lowest BCUT2D eigenvalue weighted by Crippen LogP contribution is -2.38. The van der Waals surface area contributed by atoms with E-state index in [4.69, 9.17) is 5.73 Å². The molecular weight excluding hydrogens is 284 g/mol. The zero-order valence-electron chi connectivity index (χ0n) is 12.4. The van der Waals surface area contributed by atoms with Gasteiger partial charge in [-0.2, -0.15) is 0 Å². The van der Waals surface area contributed by atoms with Crippen molar-refractivity contribution in [2.24, 2.45) is 17.6 Å². The number of halogens is 1. The summed E-state index contributed by atoms with van der Waals surface area (Å²) in [5.74, 6) is 0.738. The summed E-state index contributed by atoms with van der Waals surface area (Å²) >= 11 is 0. The zero-order valence-corrected chi connectivity index (χ0v) is 13.2. The predicted octanol–water partition coefficient (Wildman–Crippen LogP) is 2.98. The molecule has 2 aliphatic rings. The molecule has 0 heterocycles. The van der Waals surface area contributed by atoms with Gasteiger partial charge in [0.2, 0.25) is 5.91 Å². The van der Waals surface area contributed by atoms with E-state index in [0.717, 1.165) is 38.5 Å². The lowest BCUT2D eigenvalue weighted by atomic mass is 9.87. The average Bonchev–Trinajstić information content (AvgIpc) is 2.96. The lowest BCUT2D eigenvalue weighted by Gasteiger charge is -2.28. The number of benzene rings is 1. The molecule has 3 atom stereocenters. The Hall–Kier alpha value is -1.06. The summed E-state index contributed by atoms with van der Waals surface area (Å²) in [6.45, 7) is 0.638. The van der Waals surface area contributed by atoms with Gasteiger partial charge in [-0.3, -0.25) is 4.79 Å². The summed E-state index contributed by atoms with van der Waals surface area (Å²) in [5, 5.41) is 3.29.